The number of halogens is 3. The van der Waals surface area contributed by atoms with Gasteiger partial charge in [0.1, 0.15) is 0 Å². The molecule has 20 heavy (non-hydrogen) atoms. The van der Waals surface area contributed by atoms with Crippen molar-refractivity contribution in [1.82, 2.24) is 0 Å². The first-order valence-electron chi connectivity index (χ1n) is 8.49. The molecule has 0 radical (unpaired) electrons. The Kier molecular flexibility index (Phi) is 1.99. The molecule has 2 spiro atoms. The van der Waals surface area contributed by atoms with Crippen molar-refractivity contribution in [2.45, 2.75) is 33.5 Å². The molecule has 2 aliphatic heterocycles. The van der Waals surface area contributed by atoms with Gasteiger partial charge in [0.25, 0.3) is 0 Å². The fraction of sp³-hybridized carbons (Fsp3) is 1.00. The summed E-state index contributed by atoms with van der Waals surface area (Å²) in [5.74, 6) is 10.0. The van der Waals surface area contributed by atoms with Crippen molar-refractivity contribution in [3.8, 4) is 0 Å². The van der Waals surface area contributed by atoms with Crippen LogP contribution in [0.4, 0.5) is 0 Å². The third kappa shape index (κ3) is 0.821. The second-order valence-electron chi connectivity index (χ2n) is 9.19. The third-order valence-corrected chi connectivity index (χ3v) is 35.6. The van der Waals surface area contributed by atoms with E-state index in [0.29, 0.717) is 17.2 Å². The van der Waals surface area contributed by atoms with E-state index in [1.807, 2.05) is 4.43 Å². The summed E-state index contributed by atoms with van der Waals surface area (Å²) in [4.78, 5) is 0. The van der Waals surface area contributed by atoms with Crippen LogP contribution < -0.4 is 17.2 Å². The van der Waals surface area contributed by atoms with Crippen molar-refractivity contribution < 1.29 is 17.2 Å². The SMILES string of the molecule is CC1C2CC3C4C5C(CI)C[C@@]6(C)[I-]I7CC32C4C17C56. The van der Waals surface area contributed by atoms with Gasteiger partial charge in [-0.25, -0.2) is 0 Å². The zero-order valence-corrected chi connectivity index (χ0v) is 18.6. The number of alkyl halides is 4. The normalized spacial score (nSPS) is 81.8. The first-order chi connectivity index (χ1) is 9.60. The summed E-state index contributed by atoms with van der Waals surface area (Å²) in [6.07, 6.45) is 3.38. The van der Waals surface area contributed by atoms with Crippen LogP contribution >= 0.6 is 38.4 Å². The van der Waals surface area contributed by atoms with Crippen molar-refractivity contribution in [2.75, 3.05) is 8.86 Å². The Balaban J connectivity index is 1.55. The Labute approximate surface area is 149 Å². The van der Waals surface area contributed by atoms with E-state index in [0.717, 1.165) is 18.2 Å². The molecule has 7 fully saturated rings. The fourth-order valence-corrected chi connectivity index (χ4v) is 46.0. The van der Waals surface area contributed by atoms with Gasteiger partial charge in [-0.2, -0.15) is 0 Å². The van der Waals surface area contributed by atoms with Crippen LogP contribution in [0.2, 0.25) is 0 Å². The van der Waals surface area contributed by atoms with Crippen molar-refractivity contribution in [3.63, 3.8) is 0 Å². The van der Waals surface area contributed by atoms with Gasteiger partial charge in [0.05, 0.1) is 0 Å². The summed E-state index contributed by atoms with van der Waals surface area (Å²) >= 11 is 2.86. The molecule has 7 aliphatic rings. The first-order valence-corrected chi connectivity index (χ1v) is 20.0. The van der Waals surface area contributed by atoms with Crippen molar-refractivity contribution in [2.24, 2.45) is 52.8 Å². The van der Waals surface area contributed by atoms with Gasteiger partial charge in [0.2, 0.25) is 0 Å². The molecule has 11 atom stereocenters. The minimum atomic E-state index is -0.521. The quantitative estimate of drug-likeness (QED) is 0.312. The molecule has 112 valence electrons. The summed E-state index contributed by atoms with van der Waals surface area (Å²) in [5.41, 5.74) is 1.04. The van der Waals surface area contributed by atoms with Crippen LogP contribution in [0, 0.1) is 52.8 Å². The van der Waals surface area contributed by atoms with Crippen molar-refractivity contribution in [3.05, 3.63) is 0 Å². The van der Waals surface area contributed by atoms with Crippen LogP contribution in [-0.2, 0) is 0 Å². The van der Waals surface area contributed by atoms with Gasteiger partial charge in [0.15, 0.2) is 0 Å². The van der Waals surface area contributed by atoms with Gasteiger partial charge in [-0.05, 0) is 0 Å². The summed E-state index contributed by atoms with van der Waals surface area (Å²) < 4.78 is 5.42. The summed E-state index contributed by atoms with van der Waals surface area (Å²) in [5, 5.41) is 0. The van der Waals surface area contributed by atoms with E-state index in [1.54, 1.807) is 12.8 Å². The van der Waals surface area contributed by atoms with E-state index in [-0.39, 0.29) is 0 Å². The second-order valence-corrected chi connectivity index (χ2v) is 26.7. The fourth-order valence-electron chi connectivity index (χ4n) is 9.51. The molecule has 5 saturated carbocycles. The van der Waals surface area contributed by atoms with Gasteiger partial charge >= 0.3 is 151 Å². The zero-order valence-electron chi connectivity index (χ0n) is 12.1. The molecule has 2 saturated heterocycles. The second kappa shape index (κ2) is 3.17. The molecule has 0 aromatic carbocycles. The molecule has 5 aliphatic carbocycles. The van der Waals surface area contributed by atoms with E-state index < -0.39 is 15.8 Å². The predicted molar refractivity (Wildman–Crippen MR) is 94.2 cm³/mol. The summed E-state index contributed by atoms with van der Waals surface area (Å²) in [7, 11) is 0. The van der Waals surface area contributed by atoms with E-state index >= 15 is 0 Å². The molecule has 0 N–H and O–H groups in total. The number of hydrogen-bond donors (Lipinski definition) is 0. The number of hydrogen-bond acceptors (Lipinski definition) is 0. The average Bonchev–Trinajstić information content (AvgIpc) is 3.00. The van der Waals surface area contributed by atoms with Gasteiger partial charge in [-0.3, -0.25) is 0 Å². The first kappa shape index (κ1) is 12.5. The molecule has 2 heterocycles. The molecule has 0 aromatic heterocycles. The Morgan fingerprint density at radius 1 is 1.25 bits per heavy atom. The average molecular weight is 607 g/mol. The molecule has 7 rings (SSSR count). The minimum absolute atomic E-state index is 0.521. The molecule has 3 heteroatoms. The molecular formula is C17H22I3-. The Morgan fingerprint density at radius 3 is 2.90 bits per heavy atom. The van der Waals surface area contributed by atoms with Crippen molar-refractivity contribution >= 4 is 38.4 Å². The van der Waals surface area contributed by atoms with E-state index in [9.17, 15) is 0 Å². The maximum absolute atomic E-state index is 2.82. The van der Waals surface area contributed by atoms with Crippen LogP contribution in [-0.4, -0.2) is 15.7 Å². The van der Waals surface area contributed by atoms with Crippen LogP contribution in [0.1, 0.15) is 26.7 Å². The van der Waals surface area contributed by atoms with Crippen LogP contribution in [0.15, 0.2) is 0 Å². The molecule has 10 unspecified atom stereocenters. The summed E-state index contributed by atoms with van der Waals surface area (Å²) in [6.45, 7) is 5.59. The standard InChI is InChI=1S/C17H22I3/c1-7-9-3-10-12-11-8(5-18)4-15(2)13(11)17(7)14(12)16(9,10)6-20(17)19-15/h7-14H,3-6H2,1-2H3/q-1/t7?,8?,9?,10?,11?,12?,13?,14?,15-,16?,17?/m1/s1. The van der Waals surface area contributed by atoms with Crippen LogP contribution in [0.5, 0.6) is 0 Å². The Bertz CT molecular complexity index is 577. The van der Waals surface area contributed by atoms with Crippen LogP contribution in [0.25, 0.3) is 0 Å². The monoisotopic (exact) mass is 607 g/mol. The number of rotatable bonds is 1. The maximum atomic E-state index is 2.82. The van der Waals surface area contributed by atoms with Gasteiger partial charge in [-0.15, -0.1) is 0 Å². The molecule has 2 bridgehead atoms. The van der Waals surface area contributed by atoms with Gasteiger partial charge < -0.3 is 0 Å². The summed E-state index contributed by atoms with van der Waals surface area (Å²) in [6, 6.07) is 0. The molecule has 0 amide bonds. The topological polar surface area (TPSA) is 0 Å². The Hall–Kier alpha value is 2.19. The van der Waals surface area contributed by atoms with E-state index in [4.69, 9.17) is 0 Å². The third-order valence-electron chi connectivity index (χ3n) is 9.41. The van der Waals surface area contributed by atoms with Gasteiger partial charge in [0, 0.05) is 0 Å². The van der Waals surface area contributed by atoms with E-state index in [1.165, 1.54) is 45.9 Å². The Morgan fingerprint density at radius 2 is 2.10 bits per heavy atom. The zero-order chi connectivity index (χ0) is 13.2. The van der Waals surface area contributed by atoms with Crippen molar-refractivity contribution in [1.29, 1.82) is 0 Å². The van der Waals surface area contributed by atoms with Gasteiger partial charge in [-0.1, -0.05) is 0 Å². The molecule has 0 aromatic rings. The molecule has 0 nitrogen and oxygen atoms in total. The van der Waals surface area contributed by atoms with E-state index in [2.05, 4.69) is 36.4 Å². The number of fused-ring (bicyclic) bond motifs is 2. The molecular weight excluding hydrogens is 585 g/mol. The predicted octanol–water partition coefficient (Wildman–Crippen LogP) is 1.24. The van der Waals surface area contributed by atoms with Crippen LogP contribution in [0.3, 0.4) is 0 Å².